The molecule has 0 unspecified atom stereocenters. The molecule has 0 amide bonds. The van der Waals surface area contributed by atoms with Gasteiger partial charge in [0.25, 0.3) is 0 Å². The van der Waals surface area contributed by atoms with Crippen molar-refractivity contribution in [2.24, 2.45) is 0 Å². The van der Waals surface area contributed by atoms with E-state index >= 15 is 0 Å². The lowest BCUT2D eigenvalue weighted by Gasteiger charge is -2.26. The Kier molecular flexibility index (Phi) is 8.40. The summed E-state index contributed by atoms with van der Waals surface area (Å²) in [7, 11) is 0. The predicted octanol–water partition coefficient (Wildman–Crippen LogP) is 0.827. The van der Waals surface area contributed by atoms with E-state index in [4.69, 9.17) is 21.0 Å². The summed E-state index contributed by atoms with van der Waals surface area (Å²) >= 11 is 0. The Morgan fingerprint density at radius 1 is 1.19 bits per heavy atom. The third-order valence-electron chi connectivity index (χ3n) is 4.20. The molecule has 9 heteroatoms. The normalized spacial score (nSPS) is 14.4. The first-order chi connectivity index (χ1) is 12.8. The summed E-state index contributed by atoms with van der Waals surface area (Å²) in [6.07, 6.45) is 3.13. The Bertz CT molecular complexity index is 615. The van der Waals surface area contributed by atoms with Gasteiger partial charge in [-0.1, -0.05) is 0 Å². The van der Waals surface area contributed by atoms with Gasteiger partial charge in [0.05, 0.1) is 38.2 Å². The summed E-state index contributed by atoms with van der Waals surface area (Å²) in [6, 6.07) is 4.23. The van der Waals surface area contributed by atoms with E-state index in [1.807, 2.05) is 4.90 Å². The van der Waals surface area contributed by atoms with E-state index in [-0.39, 0.29) is 0 Å². The van der Waals surface area contributed by atoms with Gasteiger partial charge in [-0.25, -0.2) is 9.97 Å². The third kappa shape index (κ3) is 6.03. The molecule has 0 bridgehead atoms. The lowest BCUT2D eigenvalue weighted by atomic mass is 10.3. The minimum Gasteiger partial charge on any atom is -0.393 e. The fourth-order valence-electron chi connectivity index (χ4n) is 2.81. The van der Waals surface area contributed by atoms with Crippen molar-refractivity contribution in [3.05, 3.63) is 6.33 Å². The Balaban J connectivity index is 1.91. The van der Waals surface area contributed by atoms with Crippen molar-refractivity contribution in [1.29, 1.82) is 10.5 Å². The molecule has 140 valence electrons. The number of morpholine rings is 1. The third-order valence-corrected chi connectivity index (χ3v) is 4.20. The summed E-state index contributed by atoms with van der Waals surface area (Å²) in [5, 5.41) is 20.9. The van der Waals surface area contributed by atoms with Gasteiger partial charge in [-0.05, 0) is 13.0 Å². The molecule has 2 rings (SSSR count). The van der Waals surface area contributed by atoms with Crippen LogP contribution in [0.4, 0.5) is 17.3 Å². The molecule has 26 heavy (non-hydrogen) atoms. The number of nitrogens with two attached hydrogens (primary N) is 1. The van der Waals surface area contributed by atoms with Crippen molar-refractivity contribution in [2.75, 3.05) is 68.4 Å². The first-order valence-corrected chi connectivity index (χ1v) is 8.89. The van der Waals surface area contributed by atoms with Crippen molar-refractivity contribution in [1.82, 2.24) is 14.9 Å². The molecule has 0 saturated carbocycles. The number of rotatable bonds is 10. The minimum absolute atomic E-state index is 0.344. The number of aromatic nitrogens is 2. The zero-order valence-corrected chi connectivity index (χ0v) is 15.0. The Morgan fingerprint density at radius 2 is 1.88 bits per heavy atom. The molecule has 0 radical (unpaired) electrons. The first kappa shape index (κ1) is 19.7. The van der Waals surface area contributed by atoms with Gasteiger partial charge in [-0.2, -0.15) is 10.5 Å². The van der Waals surface area contributed by atoms with Crippen LogP contribution in [0.3, 0.4) is 0 Å². The zero-order chi connectivity index (χ0) is 18.6. The molecule has 9 nitrogen and oxygen atoms in total. The quantitative estimate of drug-likeness (QED) is 0.584. The molecule has 1 aromatic rings. The lowest BCUT2D eigenvalue weighted by Crippen LogP contribution is -2.37. The molecule has 1 aliphatic rings. The van der Waals surface area contributed by atoms with Crippen LogP contribution in [-0.2, 0) is 4.74 Å². The Morgan fingerprint density at radius 3 is 2.54 bits per heavy atom. The van der Waals surface area contributed by atoms with E-state index in [0.717, 1.165) is 45.8 Å². The van der Waals surface area contributed by atoms with Crippen molar-refractivity contribution in [3.8, 4) is 12.1 Å². The largest absolute Gasteiger partial charge is 0.393 e. The van der Waals surface area contributed by atoms with Crippen molar-refractivity contribution >= 4 is 17.3 Å². The molecule has 0 aromatic carbocycles. The zero-order valence-electron chi connectivity index (χ0n) is 15.0. The van der Waals surface area contributed by atoms with E-state index in [1.165, 1.54) is 6.33 Å². The maximum Gasteiger partial charge on any atom is 0.157 e. The molecular weight excluding hydrogens is 332 g/mol. The van der Waals surface area contributed by atoms with Gasteiger partial charge < -0.3 is 20.7 Å². The van der Waals surface area contributed by atoms with E-state index in [2.05, 4.69) is 32.3 Å². The van der Waals surface area contributed by atoms with Crippen LogP contribution in [0.5, 0.6) is 0 Å². The van der Waals surface area contributed by atoms with Gasteiger partial charge in [0.15, 0.2) is 11.6 Å². The first-order valence-electron chi connectivity index (χ1n) is 8.89. The van der Waals surface area contributed by atoms with Gasteiger partial charge in [0.2, 0.25) is 0 Å². The molecule has 0 spiro atoms. The molecule has 0 aliphatic carbocycles. The number of anilines is 3. The van der Waals surface area contributed by atoms with Crippen LogP contribution in [0, 0.1) is 22.7 Å². The average molecular weight is 358 g/mol. The maximum atomic E-state index is 8.83. The lowest BCUT2D eigenvalue weighted by molar-refractivity contribution is 0.0378. The molecule has 3 N–H and O–H groups in total. The van der Waals surface area contributed by atoms with E-state index < -0.39 is 0 Å². The highest BCUT2D eigenvalue weighted by molar-refractivity contribution is 5.74. The summed E-state index contributed by atoms with van der Waals surface area (Å²) in [4.78, 5) is 12.7. The fourth-order valence-corrected chi connectivity index (χ4v) is 2.81. The Hall–Kier alpha value is -2.62. The van der Waals surface area contributed by atoms with E-state index in [9.17, 15) is 0 Å². The SMILES string of the molecule is N#CCCN(CCC#N)c1ncnc(NCCCN2CCOCC2)c1N. The van der Waals surface area contributed by atoms with Gasteiger partial charge in [0.1, 0.15) is 12.0 Å². The van der Waals surface area contributed by atoms with Gasteiger partial charge in [-0.3, -0.25) is 4.90 Å². The standard InChI is InChI=1S/C17H26N8O/c18-4-1-8-25(9-2-5-19)17-15(20)16(22-14-23-17)21-6-3-7-24-10-12-26-13-11-24/h14H,1-3,6-13,20H2,(H,21,22,23). The van der Waals surface area contributed by atoms with Crippen molar-refractivity contribution < 1.29 is 4.74 Å². The second-order valence-corrected chi connectivity index (χ2v) is 6.00. The van der Waals surface area contributed by atoms with E-state index in [1.54, 1.807) is 0 Å². The van der Waals surface area contributed by atoms with Crippen LogP contribution in [0.1, 0.15) is 19.3 Å². The topological polar surface area (TPSA) is 127 Å². The van der Waals surface area contributed by atoms with Crippen molar-refractivity contribution in [2.45, 2.75) is 19.3 Å². The highest BCUT2D eigenvalue weighted by atomic mass is 16.5. The molecule has 1 fully saturated rings. The maximum absolute atomic E-state index is 8.83. The molecule has 2 heterocycles. The second kappa shape index (κ2) is 11.1. The number of hydrogen-bond acceptors (Lipinski definition) is 9. The average Bonchev–Trinajstić information content (AvgIpc) is 2.68. The van der Waals surface area contributed by atoms with Crippen LogP contribution >= 0.6 is 0 Å². The number of hydrogen-bond donors (Lipinski definition) is 2. The van der Waals surface area contributed by atoms with Gasteiger partial charge in [0, 0.05) is 32.7 Å². The number of nitriles is 2. The summed E-state index contributed by atoms with van der Waals surface area (Å²) in [5.74, 6) is 1.16. The summed E-state index contributed by atoms with van der Waals surface area (Å²) in [5.41, 5.74) is 6.68. The van der Waals surface area contributed by atoms with Gasteiger partial charge >= 0.3 is 0 Å². The van der Waals surface area contributed by atoms with Crippen LogP contribution in [0.15, 0.2) is 6.33 Å². The number of nitrogen functional groups attached to an aromatic ring is 1. The summed E-state index contributed by atoms with van der Waals surface area (Å²) in [6.45, 7) is 6.29. The molecule has 0 atom stereocenters. The number of nitrogens with one attached hydrogen (secondary N) is 1. The Labute approximate surface area is 154 Å². The van der Waals surface area contributed by atoms with Crippen LogP contribution in [0.25, 0.3) is 0 Å². The highest BCUT2D eigenvalue weighted by Crippen LogP contribution is 2.26. The van der Waals surface area contributed by atoms with E-state index in [0.29, 0.717) is 43.3 Å². The highest BCUT2D eigenvalue weighted by Gasteiger charge is 2.15. The van der Waals surface area contributed by atoms with Crippen LogP contribution in [-0.4, -0.2) is 67.4 Å². The minimum atomic E-state index is 0.344. The number of nitrogens with zero attached hydrogens (tertiary/aromatic N) is 6. The molecular formula is C17H26N8O. The van der Waals surface area contributed by atoms with Gasteiger partial charge in [-0.15, -0.1) is 0 Å². The van der Waals surface area contributed by atoms with Crippen molar-refractivity contribution in [3.63, 3.8) is 0 Å². The molecule has 1 aromatic heterocycles. The molecule has 1 aliphatic heterocycles. The predicted molar refractivity (Wildman–Crippen MR) is 99.5 cm³/mol. The summed E-state index contributed by atoms with van der Waals surface area (Å²) < 4.78 is 5.35. The monoisotopic (exact) mass is 358 g/mol. The molecule has 1 saturated heterocycles. The van der Waals surface area contributed by atoms with Crippen LogP contribution in [0.2, 0.25) is 0 Å². The second-order valence-electron chi connectivity index (χ2n) is 6.00. The number of ether oxygens (including phenoxy) is 1. The smallest absolute Gasteiger partial charge is 0.157 e. The fraction of sp³-hybridized carbons (Fsp3) is 0.647. The van der Waals surface area contributed by atoms with Crippen LogP contribution < -0.4 is 16.0 Å².